The molecule has 0 amide bonds. The van der Waals surface area contributed by atoms with Crippen molar-refractivity contribution in [1.29, 1.82) is 0 Å². The first-order valence-electron chi connectivity index (χ1n) is 4.19. The normalized spacial score (nSPS) is 17.1. The third kappa shape index (κ3) is 1.48. The van der Waals surface area contributed by atoms with Crippen LogP contribution in [-0.4, -0.2) is 25.2 Å². The van der Waals surface area contributed by atoms with Crippen molar-refractivity contribution in [2.45, 2.75) is 6.42 Å². The van der Waals surface area contributed by atoms with Crippen LogP contribution in [0.1, 0.15) is 27.1 Å². The summed E-state index contributed by atoms with van der Waals surface area (Å²) in [5.74, 6) is -1.10. The fraction of sp³-hybridized carbons (Fsp3) is 0.333. The molecule has 0 bridgehead atoms. The molecule has 0 saturated carbocycles. The zero-order valence-electron chi connectivity index (χ0n) is 7.32. The maximum Gasteiger partial charge on any atom is 0.342 e. The van der Waals surface area contributed by atoms with Gasteiger partial charge in [0.05, 0.1) is 13.2 Å². The quantitative estimate of drug-likeness (QED) is 0.579. The summed E-state index contributed by atoms with van der Waals surface area (Å²) < 4.78 is 14.5. The Morgan fingerprint density at radius 2 is 1.43 bits per heavy atom. The highest BCUT2D eigenvalue weighted by Crippen LogP contribution is 2.15. The van der Waals surface area contributed by atoms with Gasteiger partial charge >= 0.3 is 11.9 Å². The van der Waals surface area contributed by atoms with Gasteiger partial charge in [-0.05, 0) is 0 Å². The molecule has 5 nitrogen and oxygen atoms in total. The van der Waals surface area contributed by atoms with E-state index < -0.39 is 11.9 Å². The van der Waals surface area contributed by atoms with Crippen molar-refractivity contribution >= 4 is 11.9 Å². The minimum Gasteiger partial charge on any atom is -0.471 e. The van der Waals surface area contributed by atoms with E-state index in [9.17, 15) is 9.59 Å². The van der Waals surface area contributed by atoms with Crippen LogP contribution in [0.15, 0.2) is 16.9 Å². The molecule has 0 atom stereocenters. The molecular formula is C9H8O5. The summed E-state index contributed by atoms with van der Waals surface area (Å²) in [6.07, 6.45) is 2.88. The molecule has 1 aliphatic heterocycles. The monoisotopic (exact) mass is 196 g/mol. The summed E-state index contributed by atoms with van der Waals surface area (Å²) >= 11 is 0. The lowest BCUT2D eigenvalue weighted by Crippen LogP contribution is -2.08. The first kappa shape index (κ1) is 8.80. The SMILES string of the molecule is O=C1OCCCOC(=O)c2cocc21. The van der Waals surface area contributed by atoms with Crippen LogP contribution in [0.5, 0.6) is 0 Å². The Kier molecular flexibility index (Phi) is 2.22. The summed E-state index contributed by atoms with van der Waals surface area (Å²) in [5, 5.41) is 0. The Hall–Kier alpha value is -1.78. The Morgan fingerprint density at radius 3 is 1.93 bits per heavy atom. The Labute approximate surface area is 79.6 Å². The van der Waals surface area contributed by atoms with E-state index >= 15 is 0 Å². The second-order valence-electron chi connectivity index (χ2n) is 2.82. The zero-order chi connectivity index (χ0) is 9.97. The van der Waals surface area contributed by atoms with Crippen molar-refractivity contribution in [2.24, 2.45) is 0 Å². The number of hydrogen-bond acceptors (Lipinski definition) is 5. The van der Waals surface area contributed by atoms with Gasteiger partial charge in [-0.2, -0.15) is 0 Å². The number of ether oxygens (including phenoxy) is 2. The molecule has 0 aromatic carbocycles. The van der Waals surface area contributed by atoms with Crippen LogP contribution in [0.2, 0.25) is 0 Å². The van der Waals surface area contributed by atoms with E-state index in [4.69, 9.17) is 13.9 Å². The fourth-order valence-electron chi connectivity index (χ4n) is 1.16. The standard InChI is InChI=1S/C9H8O5/c10-8-6-4-12-5-7(6)9(11)14-3-1-2-13-8/h4-5H,1-3H2. The molecule has 0 aliphatic carbocycles. The average molecular weight is 196 g/mol. The molecule has 2 rings (SSSR count). The topological polar surface area (TPSA) is 65.7 Å². The minimum absolute atomic E-state index is 0.122. The Bertz CT molecular complexity index is 333. The van der Waals surface area contributed by atoms with Gasteiger partial charge in [0.25, 0.3) is 0 Å². The predicted octanol–water partition coefficient (Wildman–Crippen LogP) is 0.997. The molecule has 0 radical (unpaired) electrons. The minimum atomic E-state index is -0.549. The van der Waals surface area contributed by atoms with Gasteiger partial charge in [0.15, 0.2) is 0 Å². The van der Waals surface area contributed by atoms with Gasteiger partial charge in [-0.25, -0.2) is 9.59 Å². The molecule has 2 heterocycles. The van der Waals surface area contributed by atoms with Crippen LogP contribution in [0, 0.1) is 0 Å². The third-order valence-electron chi connectivity index (χ3n) is 1.86. The number of hydrogen-bond donors (Lipinski definition) is 0. The fourth-order valence-corrected chi connectivity index (χ4v) is 1.16. The van der Waals surface area contributed by atoms with Gasteiger partial charge in [-0.3, -0.25) is 0 Å². The van der Waals surface area contributed by atoms with Gasteiger partial charge in [0, 0.05) is 6.42 Å². The van der Waals surface area contributed by atoms with Gasteiger partial charge in [-0.1, -0.05) is 0 Å². The molecule has 0 unspecified atom stereocenters. The van der Waals surface area contributed by atoms with E-state index in [1.54, 1.807) is 0 Å². The highest BCUT2D eigenvalue weighted by molar-refractivity contribution is 6.02. The molecule has 1 aliphatic rings. The highest BCUT2D eigenvalue weighted by Gasteiger charge is 2.23. The molecule has 14 heavy (non-hydrogen) atoms. The van der Waals surface area contributed by atoms with E-state index in [0.29, 0.717) is 6.42 Å². The summed E-state index contributed by atoms with van der Waals surface area (Å²) in [6, 6.07) is 0. The molecule has 0 fully saturated rings. The van der Waals surface area contributed by atoms with Crippen molar-refractivity contribution in [2.75, 3.05) is 13.2 Å². The molecule has 0 saturated heterocycles. The van der Waals surface area contributed by atoms with E-state index in [0.717, 1.165) is 0 Å². The number of rotatable bonds is 0. The van der Waals surface area contributed by atoms with Gasteiger partial charge in [0.2, 0.25) is 0 Å². The first-order valence-corrected chi connectivity index (χ1v) is 4.19. The molecule has 0 N–H and O–H groups in total. The van der Waals surface area contributed by atoms with Gasteiger partial charge in [-0.15, -0.1) is 0 Å². The van der Waals surface area contributed by atoms with Crippen molar-refractivity contribution in [3.05, 3.63) is 23.7 Å². The van der Waals surface area contributed by atoms with Crippen molar-refractivity contribution < 1.29 is 23.5 Å². The number of furan rings is 1. The van der Waals surface area contributed by atoms with Crippen LogP contribution in [0.25, 0.3) is 0 Å². The summed E-state index contributed by atoms with van der Waals surface area (Å²) in [4.78, 5) is 22.7. The number of fused-ring (bicyclic) bond motifs is 1. The second-order valence-corrected chi connectivity index (χ2v) is 2.82. The van der Waals surface area contributed by atoms with E-state index in [-0.39, 0.29) is 24.3 Å². The number of cyclic esters (lactones) is 2. The van der Waals surface area contributed by atoms with Crippen LogP contribution in [-0.2, 0) is 9.47 Å². The predicted molar refractivity (Wildman–Crippen MR) is 43.9 cm³/mol. The Morgan fingerprint density at radius 1 is 0.929 bits per heavy atom. The van der Waals surface area contributed by atoms with Crippen LogP contribution >= 0.6 is 0 Å². The lowest BCUT2D eigenvalue weighted by Gasteiger charge is -1.99. The maximum absolute atomic E-state index is 11.3. The molecular weight excluding hydrogens is 188 g/mol. The van der Waals surface area contributed by atoms with Crippen molar-refractivity contribution in [1.82, 2.24) is 0 Å². The summed E-state index contributed by atoms with van der Waals surface area (Å²) in [7, 11) is 0. The average Bonchev–Trinajstić information content (AvgIpc) is 2.64. The smallest absolute Gasteiger partial charge is 0.342 e. The molecule has 1 aromatic rings. The first-order chi connectivity index (χ1) is 6.79. The lowest BCUT2D eigenvalue weighted by atomic mass is 10.2. The highest BCUT2D eigenvalue weighted by atomic mass is 16.5. The molecule has 0 spiro atoms. The van der Waals surface area contributed by atoms with Crippen molar-refractivity contribution in [3.8, 4) is 0 Å². The Balaban J connectivity index is 2.36. The maximum atomic E-state index is 11.3. The van der Waals surface area contributed by atoms with E-state index in [1.807, 2.05) is 0 Å². The van der Waals surface area contributed by atoms with Crippen LogP contribution in [0.3, 0.4) is 0 Å². The van der Waals surface area contributed by atoms with Crippen LogP contribution < -0.4 is 0 Å². The number of carbonyl (C=O) groups is 2. The molecule has 5 heteroatoms. The third-order valence-corrected chi connectivity index (χ3v) is 1.86. The number of esters is 2. The molecule has 74 valence electrons. The summed E-state index contributed by atoms with van der Waals surface area (Å²) in [5.41, 5.74) is 0.244. The van der Waals surface area contributed by atoms with Crippen molar-refractivity contribution in [3.63, 3.8) is 0 Å². The van der Waals surface area contributed by atoms with Gasteiger partial charge in [0.1, 0.15) is 23.7 Å². The second kappa shape index (κ2) is 3.53. The summed E-state index contributed by atoms with van der Waals surface area (Å²) in [6.45, 7) is 0.494. The van der Waals surface area contributed by atoms with E-state index in [2.05, 4.69) is 0 Å². The molecule has 1 aromatic heterocycles. The van der Waals surface area contributed by atoms with Crippen LogP contribution in [0.4, 0.5) is 0 Å². The zero-order valence-corrected chi connectivity index (χ0v) is 7.32. The number of carbonyl (C=O) groups excluding carboxylic acids is 2. The lowest BCUT2D eigenvalue weighted by molar-refractivity contribution is 0.0432. The van der Waals surface area contributed by atoms with Gasteiger partial charge < -0.3 is 13.9 Å². The largest absolute Gasteiger partial charge is 0.471 e. The van der Waals surface area contributed by atoms with E-state index in [1.165, 1.54) is 12.5 Å².